The number of piperidine rings is 1. The minimum absolute atomic E-state index is 0.00445. The zero-order chi connectivity index (χ0) is 91.5. The van der Waals surface area contributed by atoms with Crippen LogP contribution in [0.25, 0.3) is 0 Å². The largest absolute Gasteiger partial charge is 0.341 e. The molecule has 4 aliphatic carbocycles. The number of amides is 8. The van der Waals surface area contributed by atoms with Gasteiger partial charge in [-0.1, -0.05) is 252 Å². The van der Waals surface area contributed by atoms with Gasteiger partial charge in [0.05, 0.1) is 0 Å². The van der Waals surface area contributed by atoms with Crippen LogP contribution in [0.4, 0.5) is 4.39 Å². The fourth-order valence-corrected chi connectivity index (χ4v) is 19.9. The molecule has 4 saturated heterocycles. The Hall–Kier alpha value is -10.6. The van der Waals surface area contributed by atoms with Gasteiger partial charge in [-0.15, -0.1) is 0 Å². The molecule has 19 heteroatoms. The third-order valence-corrected chi connectivity index (χ3v) is 28.5. The molecule has 8 fully saturated rings. The summed E-state index contributed by atoms with van der Waals surface area (Å²) in [5.41, 5.74) is 9.41. The van der Waals surface area contributed by atoms with Crippen LogP contribution in [0.3, 0.4) is 0 Å². The first-order chi connectivity index (χ1) is 64.0. The molecular weight excluding hydrogens is 1630 g/mol. The molecule has 0 aromatic heterocycles. The first-order valence-corrected chi connectivity index (χ1v) is 49.8. The van der Waals surface area contributed by atoms with Crippen LogP contribution in [0.15, 0.2) is 231 Å². The third kappa shape index (κ3) is 31.5. The maximum atomic E-state index is 13.3. The third-order valence-electron chi connectivity index (χ3n) is 28.5. The molecule has 12 atom stereocenters. The molecule has 4 saturated carbocycles. The Kier molecular flexibility index (Phi) is 38.4. The van der Waals surface area contributed by atoms with Crippen molar-refractivity contribution in [2.75, 3.05) is 92.6 Å². The second-order valence-corrected chi connectivity index (χ2v) is 38.5. The van der Waals surface area contributed by atoms with E-state index in [9.17, 15) is 42.7 Å². The molecule has 0 radical (unpaired) electrons. The van der Waals surface area contributed by atoms with Gasteiger partial charge in [-0.25, -0.2) is 4.39 Å². The molecule has 698 valence electrons. The molecule has 4 heterocycles. The van der Waals surface area contributed by atoms with Crippen LogP contribution >= 0.6 is 0 Å². The summed E-state index contributed by atoms with van der Waals surface area (Å²) < 4.78 is 13.3. The van der Waals surface area contributed by atoms with Gasteiger partial charge >= 0.3 is 0 Å². The van der Waals surface area contributed by atoms with Crippen molar-refractivity contribution in [2.45, 2.75) is 241 Å². The molecule has 4 aliphatic heterocycles. The highest BCUT2D eigenvalue weighted by Crippen LogP contribution is 2.53. The predicted molar refractivity (Wildman–Crippen MR) is 521 cm³/mol. The van der Waals surface area contributed by atoms with Gasteiger partial charge in [0, 0.05) is 101 Å². The Morgan fingerprint density at radius 1 is 0.275 bits per heavy atom. The monoisotopic (exact) mass is 1780 g/mol. The van der Waals surface area contributed by atoms with Crippen molar-refractivity contribution in [1.82, 2.24) is 50.7 Å². The summed E-state index contributed by atoms with van der Waals surface area (Å²) in [7, 11) is 4.14. The van der Waals surface area contributed by atoms with Gasteiger partial charge < -0.3 is 50.7 Å². The molecule has 18 nitrogen and oxygen atoms in total. The number of likely N-dealkylation sites (tertiary alicyclic amines) is 2. The fraction of sp³-hybridized carbons (Fsp3) is 0.500. The van der Waals surface area contributed by atoms with E-state index in [1.807, 2.05) is 74.2 Å². The minimum atomic E-state index is -0.544. The summed E-state index contributed by atoms with van der Waals surface area (Å²) >= 11 is 0. The quantitative estimate of drug-likeness (QED) is 0.0268. The van der Waals surface area contributed by atoms with E-state index < -0.39 is 24.2 Å². The molecule has 8 aromatic rings. The highest BCUT2D eigenvalue weighted by molar-refractivity contribution is 6.00. The second-order valence-electron chi connectivity index (χ2n) is 38.5. The van der Waals surface area contributed by atoms with Crippen molar-refractivity contribution in [3.8, 4) is 0 Å². The van der Waals surface area contributed by atoms with E-state index >= 15 is 0 Å². The summed E-state index contributed by atoms with van der Waals surface area (Å²) in [6, 6.07) is 72.7. The number of likely N-dealkylation sites (N-methyl/N-ethyl adjacent to an activating group) is 2. The maximum absolute atomic E-state index is 13.3. The van der Waals surface area contributed by atoms with E-state index in [1.54, 1.807) is 36.4 Å². The number of hydrogen-bond acceptors (Lipinski definition) is 10. The van der Waals surface area contributed by atoms with Crippen LogP contribution in [0.5, 0.6) is 0 Å². The average molecular weight is 1780 g/mol. The Labute approximate surface area is 779 Å². The first kappa shape index (κ1) is 97.9. The van der Waals surface area contributed by atoms with Gasteiger partial charge in [0.1, 0.15) is 30.0 Å². The molecule has 8 aliphatic rings. The number of carbonyl (C=O) groups excluding carboxylic acids is 8. The van der Waals surface area contributed by atoms with Crippen LogP contribution in [0.2, 0.25) is 0 Å². The van der Waals surface area contributed by atoms with Crippen LogP contribution in [0, 0.1) is 36.4 Å². The van der Waals surface area contributed by atoms with Crippen molar-refractivity contribution in [2.24, 2.45) is 23.7 Å². The summed E-state index contributed by atoms with van der Waals surface area (Å²) in [5.74, 6) is 5.25. The summed E-state index contributed by atoms with van der Waals surface area (Å²) in [4.78, 5) is 116. The van der Waals surface area contributed by atoms with Crippen LogP contribution in [-0.4, -0.2) is 193 Å². The molecule has 4 N–H and O–H groups in total. The fourth-order valence-electron chi connectivity index (χ4n) is 19.9. The number of nitrogens with zero attached hydrogens (tertiary/aromatic N) is 6. The molecule has 16 rings (SSSR count). The predicted octanol–water partition coefficient (Wildman–Crippen LogP) is 19.8. The Bertz CT molecular complexity index is 4800. The summed E-state index contributed by atoms with van der Waals surface area (Å²) in [6.07, 6.45) is 31.4. The lowest BCUT2D eigenvalue weighted by atomic mass is 10.0. The Morgan fingerprint density at radius 2 is 0.511 bits per heavy atom. The van der Waals surface area contributed by atoms with Gasteiger partial charge in [-0.05, 0) is 260 Å². The van der Waals surface area contributed by atoms with Gasteiger partial charge in [-0.3, -0.25) is 38.4 Å². The van der Waals surface area contributed by atoms with Crippen LogP contribution in [0.1, 0.15) is 279 Å². The van der Waals surface area contributed by atoms with Gasteiger partial charge in [0.25, 0.3) is 23.6 Å². The van der Waals surface area contributed by atoms with Crippen LogP contribution in [-0.2, 0) is 19.2 Å². The maximum Gasteiger partial charge on any atom is 0.251 e. The molecule has 8 aromatic carbocycles. The minimum Gasteiger partial charge on any atom is -0.341 e. The Morgan fingerprint density at radius 3 is 0.786 bits per heavy atom. The number of piperazine rings is 2. The highest BCUT2D eigenvalue weighted by atomic mass is 19.1. The van der Waals surface area contributed by atoms with E-state index in [1.165, 1.54) is 129 Å². The summed E-state index contributed by atoms with van der Waals surface area (Å²) in [5, 5.41) is 12.0. The zero-order valence-corrected chi connectivity index (χ0v) is 78.2. The number of rotatable bonds is 40. The molecule has 0 bridgehead atoms. The number of carbonyl (C=O) groups is 8. The van der Waals surface area contributed by atoms with E-state index in [0.29, 0.717) is 54.1 Å². The van der Waals surface area contributed by atoms with E-state index in [4.69, 9.17) is 0 Å². The summed E-state index contributed by atoms with van der Waals surface area (Å²) in [6.45, 7) is 11.7. The average Bonchev–Trinajstić information content (AvgIpc) is 1.68. The molecule has 0 unspecified atom stereocenters. The number of benzene rings is 8. The second kappa shape index (κ2) is 51.4. The molecular formula is C112H145FN10O8. The number of halogens is 1. The topological polar surface area (TPSA) is 204 Å². The first-order valence-electron chi connectivity index (χ1n) is 49.8. The van der Waals surface area contributed by atoms with Crippen molar-refractivity contribution < 1.29 is 42.7 Å². The Balaban J connectivity index is 0.000000149. The number of nitrogens with one attached hydrogen (secondary N) is 4. The smallest absolute Gasteiger partial charge is 0.251 e. The highest BCUT2D eigenvalue weighted by Gasteiger charge is 2.41. The lowest BCUT2D eigenvalue weighted by Gasteiger charge is -2.34. The standard InChI is InChI=1S/C29H38FN3O2.C28H37N3O2.C28H36N2O2.C27H34N2O2/c1-21-8-10-22(11-9-21)26-20-24(26)6-4-3-5-7-27(29(35)33-18-16-32(2)17-19-33)31-28(34)23-12-14-25(30)15-13-23;1-30-17-19-31(20-18-30)28(33)26(29-27(32)23-13-7-3-8-14-23)16-10-4-9-15-24-21-25(24)22-11-5-2-6-12-22;31-27(23-15-7-2-8-16-23)29-26(28(32)30-19-11-4-12-20-30)18-10-3-9-17-24-21-25(24)22-13-5-1-6-14-22;30-26(22-14-6-2-7-15-22)28-25(27(31)29-18-10-11-19-29)17-9-3-8-16-23-20-24(23)21-12-4-1-5-13-21/h8-15,24,26-27H,3-7,16-20H2,1-2H3,(H,31,34);2-3,5-8,11-14,24-26H,4,9-10,15-21H2,1H3,(H,29,32);1-2,5-8,13-16,24-26H,3-4,9-12,17-21H2,(H,29,31);1-2,4-7,12-15,23-25H,3,8-11,16-20H2,(H,28,30)/t24-,26+,27+;2*24-,25+,26+;23-,24+,25+/m1111/s1. The lowest BCUT2D eigenvalue weighted by Crippen LogP contribution is -2.54. The van der Waals surface area contributed by atoms with Crippen LogP contribution < -0.4 is 21.3 Å². The molecule has 8 amide bonds. The van der Waals surface area contributed by atoms with Crippen molar-refractivity contribution >= 4 is 47.3 Å². The molecule has 131 heavy (non-hydrogen) atoms. The van der Waals surface area contributed by atoms with E-state index in [0.717, 1.165) is 203 Å². The van der Waals surface area contributed by atoms with Crippen molar-refractivity contribution in [3.05, 3.63) is 286 Å². The van der Waals surface area contributed by atoms with Gasteiger partial charge in [-0.2, -0.15) is 0 Å². The van der Waals surface area contributed by atoms with Crippen molar-refractivity contribution in [1.29, 1.82) is 0 Å². The number of hydrogen-bond donors (Lipinski definition) is 4. The van der Waals surface area contributed by atoms with E-state index in [2.05, 4.69) is 167 Å². The SMILES string of the molecule is CN1CCN(C(=O)[C@H](CCCCC[C@@H]2C[C@H]2c2ccccc2)NC(=O)c2ccccc2)CC1.Cc1ccc([C@@H]2C[C@H]2CCCCC[C@H](NC(=O)c2ccc(F)cc2)C(=O)N2CCN(C)CC2)cc1.O=C(N[C@@H](CCCCC[C@@H]1C[C@H]1c1ccccc1)C(=O)N1CCCC1)c1ccccc1.O=C(N[C@@H](CCCCC[C@@H]1C[C@H]1c1ccccc1)C(=O)N1CCCCC1)c1ccccc1. The number of unbranched alkanes of at least 4 members (excludes halogenated alkanes) is 8. The lowest BCUT2D eigenvalue weighted by molar-refractivity contribution is -0.135. The normalized spacial score (nSPS) is 21.1. The number of aryl methyl sites for hydroxylation is 1. The zero-order valence-electron chi connectivity index (χ0n) is 78.2. The van der Waals surface area contributed by atoms with E-state index in [-0.39, 0.29) is 53.1 Å². The van der Waals surface area contributed by atoms with Gasteiger partial charge in [0.15, 0.2) is 0 Å². The van der Waals surface area contributed by atoms with Crippen molar-refractivity contribution in [3.63, 3.8) is 0 Å². The van der Waals surface area contributed by atoms with Gasteiger partial charge in [0.2, 0.25) is 23.6 Å². The molecule has 0 spiro atoms.